The number of fused-ring (bicyclic) bond motifs is 1. The van der Waals surface area contributed by atoms with Gasteiger partial charge in [0.1, 0.15) is 18.4 Å². The molecule has 0 aliphatic carbocycles. The molecule has 1 aromatic carbocycles. The summed E-state index contributed by atoms with van der Waals surface area (Å²) in [6, 6.07) is 7.94. The second kappa shape index (κ2) is 9.93. The summed E-state index contributed by atoms with van der Waals surface area (Å²) in [5.74, 6) is 2.23. The van der Waals surface area contributed by atoms with Crippen molar-refractivity contribution in [1.82, 2.24) is 4.90 Å². The van der Waals surface area contributed by atoms with Crippen molar-refractivity contribution < 1.29 is 18.8 Å². The summed E-state index contributed by atoms with van der Waals surface area (Å²) >= 11 is 8.07. The molecule has 1 aromatic rings. The van der Waals surface area contributed by atoms with E-state index in [-0.39, 0.29) is 22.2 Å². The van der Waals surface area contributed by atoms with E-state index in [9.17, 15) is 9.59 Å². The Bertz CT molecular complexity index is 1130. The van der Waals surface area contributed by atoms with Crippen molar-refractivity contribution >= 4 is 41.0 Å². The van der Waals surface area contributed by atoms with Crippen molar-refractivity contribution in [3.63, 3.8) is 0 Å². The first kappa shape index (κ1) is 24.3. The van der Waals surface area contributed by atoms with Crippen LogP contribution in [0.1, 0.15) is 24.8 Å². The van der Waals surface area contributed by atoms with E-state index in [1.165, 1.54) is 0 Å². The number of benzene rings is 1. The molecule has 4 heterocycles. The van der Waals surface area contributed by atoms with Crippen LogP contribution in [0.15, 0.2) is 65.1 Å². The van der Waals surface area contributed by atoms with E-state index in [0.29, 0.717) is 36.2 Å². The number of ether oxygens (including phenoxy) is 1. The molecule has 9 heteroatoms. The monoisotopic (exact) mass is 513 g/mol. The normalized spacial score (nSPS) is 25.4. The minimum Gasteiger partial charge on any atom is -0.381 e. The number of carbonyl (C=O) groups excluding carboxylic acids is 2. The molecule has 35 heavy (non-hydrogen) atoms. The van der Waals surface area contributed by atoms with Gasteiger partial charge in [-0.15, -0.1) is 0 Å². The van der Waals surface area contributed by atoms with Crippen molar-refractivity contribution in [3.05, 3.63) is 70.7 Å². The lowest BCUT2D eigenvalue weighted by Gasteiger charge is -2.44. The molecule has 5 rings (SSSR count). The van der Waals surface area contributed by atoms with E-state index < -0.39 is 5.91 Å². The Labute approximate surface area is 214 Å². The number of hydrogen-bond donors (Lipinski definition) is 1. The number of nitrogens with two attached hydrogens (primary N) is 1. The van der Waals surface area contributed by atoms with Gasteiger partial charge in [0.25, 0.3) is 0 Å². The molecule has 0 spiro atoms. The van der Waals surface area contributed by atoms with Gasteiger partial charge < -0.3 is 15.4 Å². The average molecular weight is 514 g/mol. The van der Waals surface area contributed by atoms with Crippen molar-refractivity contribution in [2.24, 2.45) is 10.7 Å². The van der Waals surface area contributed by atoms with Crippen molar-refractivity contribution in [2.45, 2.75) is 24.7 Å². The summed E-state index contributed by atoms with van der Waals surface area (Å²) < 4.78 is 5.85. The van der Waals surface area contributed by atoms with Gasteiger partial charge in [0.05, 0.1) is 11.8 Å². The van der Waals surface area contributed by atoms with Gasteiger partial charge in [0.2, 0.25) is 17.4 Å². The van der Waals surface area contributed by atoms with Crippen molar-refractivity contribution in [3.8, 4) is 0 Å². The number of aliphatic imine (C=N–C) groups is 1. The van der Waals surface area contributed by atoms with Gasteiger partial charge in [-0.3, -0.25) is 9.59 Å². The highest BCUT2D eigenvalue weighted by atomic mass is 35.5. The highest BCUT2D eigenvalue weighted by Gasteiger charge is 2.52. The standard InChI is InChI=1S/C26H29ClN4O3S/c27-20-6-4-19(5-7-20)26(8-12-34-13-9-26)18-31-17-21(16-24(32)30-10-14-35-15-11-30)29-23(31)3-1-2-22(31)25(28)33/h1-7,17H,8-16,18H2,(H-,28,33)/p+1. The van der Waals surface area contributed by atoms with Gasteiger partial charge in [-0.1, -0.05) is 23.7 Å². The Morgan fingerprint density at radius 2 is 1.89 bits per heavy atom. The molecular weight excluding hydrogens is 484 g/mol. The van der Waals surface area contributed by atoms with E-state index in [2.05, 4.69) is 12.1 Å². The molecule has 2 fully saturated rings. The highest BCUT2D eigenvalue weighted by Crippen LogP contribution is 2.43. The zero-order valence-corrected chi connectivity index (χ0v) is 21.2. The molecule has 1 unspecified atom stereocenters. The van der Waals surface area contributed by atoms with Gasteiger partial charge in [-0.05, 0) is 36.6 Å². The number of amidine groups is 1. The third-order valence-electron chi connectivity index (χ3n) is 7.37. The number of quaternary nitrogens is 1. The van der Waals surface area contributed by atoms with Crippen LogP contribution in [0.2, 0.25) is 5.02 Å². The first-order valence-electron chi connectivity index (χ1n) is 12.0. The number of rotatable bonds is 6. The maximum atomic E-state index is 13.0. The summed E-state index contributed by atoms with van der Waals surface area (Å²) in [6.07, 6.45) is 9.29. The number of nitrogens with zero attached hydrogens (tertiary/aromatic N) is 3. The molecule has 184 valence electrons. The van der Waals surface area contributed by atoms with Gasteiger partial charge in [0.15, 0.2) is 0 Å². The van der Waals surface area contributed by atoms with Gasteiger partial charge in [-0.25, -0.2) is 4.48 Å². The largest absolute Gasteiger partial charge is 0.381 e. The molecule has 2 N–H and O–H groups in total. The quantitative estimate of drug-likeness (QED) is 0.591. The van der Waals surface area contributed by atoms with Crippen LogP contribution in [0.3, 0.4) is 0 Å². The highest BCUT2D eigenvalue weighted by molar-refractivity contribution is 7.99. The molecule has 0 radical (unpaired) electrons. The van der Waals surface area contributed by atoms with Gasteiger partial charge in [0, 0.05) is 55.0 Å². The summed E-state index contributed by atoms with van der Waals surface area (Å²) in [7, 11) is 0. The summed E-state index contributed by atoms with van der Waals surface area (Å²) in [5.41, 5.74) is 7.94. The minimum absolute atomic E-state index is 0.0750. The van der Waals surface area contributed by atoms with E-state index in [1.54, 1.807) is 6.08 Å². The molecule has 4 aliphatic heterocycles. The number of thioether (sulfide) groups is 1. The van der Waals surface area contributed by atoms with E-state index in [1.807, 2.05) is 47.1 Å². The van der Waals surface area contributed by atoms with Crippen LogP contribution < -0.4 is 5.73 Å². The first-order valence-corrected chi connectivity index (χ1v) is 13.5. The number of allylic oxidation sites excluding steroid dienone is 2. The zero-order chi connectivity index (χ0) is 24.5. The van der Waals surface area contributed by atoms with Crippen LogP contribution in [0.4, 0.5) is 0 Å². The summed E-state index contributed by atoms with van der Waals surface area (Å²) in [4.78, 5) is 32.5. The maximum Gasteiger partial charge on any atom is 0.303 e. The molecule has 1 atom stereocenters. The lowest BCUT2D eigenvalue weighted by atomic mass is 9.73. The van der Waals surface area contributed by atoms with Crippen LogP contribution in [0.5, 0.6) is 0 Å². The van der Waals surface area contributed by atoms with E-state index in [0.717, 1.165) is 48.8 Å². The fourth-order valence-corrected chi connectivity index (χ4v) is 6.57. The molecule has 2 amide bonds. The van der Waals surface area contributed by atoms with Crippen molar-refractivity contribution in [2.75, 3.05) is 44.4 Å². The lowest BCUT2D eigenvalue weighted by Crippen LogP contribution is -2.57. The molecule has 2 saturated heterocycles. The van der Waals surface area contributed by atoms with Crippen LogP contribution in [-0.2, 0) is 19.7 Å². The second-order valence-corrected chi connectivity index (χ2v) is 11.1. The molecule has 0 aromatic heterocycles. The van der Waals surface area contributed by atoms with Gasteiger partial charge in [-0.2, -0.15) is 16.8 Å². The molecule has 0 bridgehead atoms. The SMILES string of the molecule is NC(=O)C1=CC=CC2=NC(CC(=O)N3CCSCC3)=C[N+]12CC1(c2ccc(Cl)cc2)CCOCC1. The smallest absolute Gasteiger partial charge is 0.303 e. The number of halogens is 1. The molecule has 7 nitrogen and oxygen atoms in total. The predicted octanol–water partition coefficient (Wildman–Crippen LogP) is 3.36. The Kier molecular flexibility index (Phi) is 6.90. The van der Waals surface area contributed by atoms with Crippen LogP contribution in [-0.4, -0.2) is 71.4 Å². The Hall–Kier alpha value is -2.39. The maximum absolute atomic E-state index is 13.0. The number of hydrogen-bond acceptors (Lipinski definition) is 5. The third-order valence-corrected chi connectivity index (χ3v) is 8.57. The van der Waals surface area contributed by atoms with Crippen LogP contribution >= 0.6 is 23.4 Å². The Balaban J connectivity index is 1.53. The summed E-state index contributed by atoms with van der Waals surface area (Å²) in [6.45, 7) is 3.35. The minimum atomic E-state index is -0.489. The van der Waals surface area contributed by atoms with Gasteiger partial charge >= 0.3 is 5.91 Å². The molecule has 0 saturated carbocycles. The third kappa shape index (κ3) is 4.72. The Morgan fingerprint density at radius 3 is 2.57 bits per heavy atom. The lowest BCUT2D eigenvalue weighted by molar-refractivity contribution is -0.745. The van der Waals surface area contributed by atoms with E-state index in [4.69, 9.17) is 27.1 Å². The summed E-state index contributed by atoms with van der Waals surface area (Å²) in [5, 5.41) is 0.682. The number of carbonyl (C=O) groups is 2. The number of primary amides is 1. The van der Waals surface area contributed by atoms with Crippen LogP contribution in [0.25, 0.3) is 0 Å². The fraction of sp³-hybridized carbons (Fsp3) is 0.423. The molecular formula is C26H30ClN4O3S+. The van der Waals surface area contributed by atoms with E-state index >= 15 is 0 Å². The topological polar surface area (TPSA) is 85.0 Å². The number of amides is 2. The van der Waals surface area contributed by atoms with Crippen molar-refractivity contribution in [1.29, 1.82) is 0 Å². The second-order valence-electron chi connectivity index (χ2n) is 9.46. The molecule has 4 aliphatic rings. The average Bonchev–Trinajstić information content (AvgIpc) is 3.22. The Morgan fingerprint density at radius 1 is 1.17 bits per heavy atom. The first-order chi connectivity index (χ1) is 16.9. The fourth-order valence-electron chi connectivity index (χ4n) is 5.54. The predicted molar refractivity (Wildman–Crippen MR) is 139 cm³/mol. The van der Waals surface area contributed by atoms with Crippen LogP contribution in [0, 0.1) is 0 Å². The zero-order valence-electron chi connectivity index (χ0n) is 19.6.